The summed E-state index contributed by atoms with van der Waals surface area (Å²) in [6.45, 7) is 3.58. The lowest BCUT2D eigenvalue weighted by atomic mass is 9.92. The van der Waals surface area contributed by atoms with E-state index in [4.69, 9.17) is 0 Å². The van der Waals surface area contributed by atoms with Gasteiger partial charge in [0.1, 0.15) is 5.75 Å². The molecular weight excluding hydrogens is 364 g/mol. The predicted molar refractivity (Wildman–Crippen MR) is 113 cm³/mol. The predicted octanol–water partition coefficient (Wildman–Crippen LogP) is 3.31. The highest BCUT2D eigenvalue weighted by molar-refractivity contribution is 5.75. The van der Waals surface area contributed by atoms with Crippen molar-refractivity contribution in [3.63, 3.8) is 0 Å². The van der Waals surface area contributed by atoms with Crippen molar-refractivity contribution in [3.8, 4) is 17.0 Å². The number of aromatic hydroxyl groups is 1. The van der Waals surface area contributed by atoms with Gasteiger partial charge in [0.15, 0.2) is 0 Å². The Labute approximate surface area is 169 Å². The van der Waals surface area contributed by atoms with E-state index in [0.717, 1.165) is 42.1 Å². The maximum absolute atomic E-state index is 10.3. The first-order chi connectivity index (χ1) is 14.1. The molecule has 1 aromatic heterocycles. The van der Waals surface area contributed by atoms with E-state index in [9.17, 15) is 5.11 Å². The number of hydrogen-bond donors (Lipinski definition) is 3. The quantitative estimate of drug-likeness (QED) is 0.598. The Hall–Kier alpha value is -3.32. The van der Waals surface area contributed by atoms with Crippen molar-refractivity contribution in [2.75, 3.05) is 18.9 Å². The van der Waals surface area contributed by atoms with Gasteiger partial charge in [0.2, 0.25) is 0 Å². The molecule has 2 aromatic carbocycles. The molecule has 1 unspecified atom stereocenters. The lowest BCUT2D eigenvalue weighted by Crippen LogP contribution is -2.23. The number of fused-ring (bicyclic) bond motifs is 3. The largest absolute Gasteiger partial charge is 0.506 e. The van der Waals surface area contributed by atoms with Crippen molar-refractivity contribution in [2.45, 2.75) is 25.9 Å². The number of benzene rings is 2. The summed E-state index contributed by atoms with van der Waals surface area (Å²) in [6, 6.07) is 14.0. The Morgan fingerprint density at radius 3 is 2.86 bits per heavy atom. The first kappa shape index (κ1) is 17.8. The highest BCUT2D eigenvalue weighted by Gasteiger charge is 2.26. The molecule has 7 heteroatoms. The maximum atomic E-state index is 10.3. The van der Waals surface area contributed by atoms with Gasteiger partial charge in [-0.05, 0) is 48.2 Å². The van der Waals surface area contributed by atoms with Crippen molar-refractivity contribution in [1.29, 1.82) is 0 Å². The zero-order valence-corrected chi connectivity index (χ0v) is 16.6. The zero-order chi connectivity index (χ0) is 20.0. The van der Waals surface area contributed by atoms with Crippen LogP contribution in [0.1, 0.15) is 29.3 Å². The number of hydrazine groups is 1. The van der Waals surface area contributed by atoms with Crippen LogP contribution in [0, 0.1) is 6.92 Å². The van der Waals surface area contributed by atoms with Gasteiger partial charge in [-0.25, -0.2) is 10.1 Å². The number of nitrogens with zero attached hydrogens (tertiary/aromatic N) is 4. The smallest absolute Gasteiger partial charge is 0.138 e. The van der Waals surface area contributed by atoms with E-state index in [0.29, 0.717) is 0 Å². The van der Waals surface area contributed by atoms with Crippen molar-refractivity contribution in [1.82, 2.24) is 25.4 Å². The van der Waals surface area contributed by atoms with E-state index in [1.165, 1.54) is 16.7 Å². The van der Waals surface area contributed by atoms with E-state index in [1.807, 2.05) is 41.9 Å². The standard InChI is InChI=1S/C22H24N6O/c1-14-22-17-8-7-15(16-12-23-27(2)13-16)11-18(17)19(9-10-28(22)26-25-14)24-20-5-3-4-6-21(20)29/h3-8,11,13,19,23-24,29H,9-10,12H2,1-2H3. The molecule has 29 heavy (non-hydrogen) atoms. The second-order valence-corrected chi connectivity index (χ2v) is 7.65. The number of anilines is 1. The lowest BCUT2D eigenvalue weighted by molar-refractivity contribution is 0.374. The molecule has 0 saturated heterocycles. The zero-order valence-electron chi connectivity index (χ0n) is 16.6. The summed E-state index contributed by atoms with van der Waals surface area (Å²) in [6.07, 6.45) is 2.97. The van der Waals surface area contributed by atoms with Crippen LogP contribution in [0.15, 0.2) is 48.7 Å². The highest BCUT2D eigenvalue weighted by Crippen LogP contribution is 2.39. The fourth-order valence-electron chi connectivity index (χ4n) is 4.21. The minimum absolute atomic E-state index is 0.0482. The number of phenolic OH excluding ortho intramolecular Hbond substituents is 1. The van der Waals surface area contributed by atoms with Crippen LogP contribution in [0.4, 0.5) is 5.69 Å². The maximum Gasteiger partial charge on any atom is 0.138 e. The molecule has 5 rings (SSSR count). The van der Waals surface area contributed by atoms with Crippen molar-refractivity contribution in [3.05, 3.63) is 65.5 Å². The van der Waals surface area contributed by atoms with Crippen LogP contribution >= 0.6 is 0 Å². The molecule has 0 bridgehead atoms. The second-order valence-electron chi connectivity index (χ2n) is 7.65. The molecule has 1 atom stereocenters. The molecule has 3 heterocycles. The average molecular weight is 388 g/mol. The monoisotopic (exact) mass is 388 g/mol. The van der Waals surface area contributed by atoms with Crippen LogP contribution in [-0.2, 0) is 6.54 Å². The molecule has 0 spiro atoms. The molecule has 0 fully saturated rings. The van der Waals surface area contributed by atoms with Gasteiger partial charge in [0.25, 0.3) is 0 Å². The molecule has 0 amide bonds. The topological polar surface area (TPSA) is 78.2 Å². The first-order valence-electron chi connectivity index (χ1n) is 9.86. The Bertz CT molecular complexity index is 1100. The summed E-state index contributed by atoms with van der Waals surface area (Å²) in [4.78, 5) is 0. The van der Waals surface area contributed by atoms with E-state index in [1.54, 1.807) is 6.07 Å². The van der Waals surface area contributed by atoms with Gasteiger partial charge < -0.3 is 15.4 Å². The Morgan fingerprint density at radius 1 is 1.21 bits per heavy atom. The summed E-state index contributed by atoms with van der Waals surface area (Å²) in [5.74, 6) is 0.259. The number of aromatic nitrogens is 3. The fraction of sp³-hybridized carbons (Fsp3) is 0.273. The second kappa shape index (κ2) is 6.93. The van der Waals surface area contributed by atoms with Crippen LogP contribution in [0.3, 0.4) is 0 Å². The van der Waals surface area contributed by atoms with Gasteiger partial charge in [-0.2, -0.15) is 0 Å². The molecular formula is C22H24N6O. The van der Waals surface area contributed by atoms with Crippen molar-refractivity contribution in [2.24, 2.45) is 0 Å². The molecule has 2 aliphatic rings. The minimum atomic E-state index is 0.0482. The SMILES string of the molecule is Cc1nnn2c1-c1ccc(C3=CN(C)NC3)cc1C(Nc1ccccc1O)CC2. The third-order valence-corrected chi connectivity index (χ3v) is 5.69. The Balaban J connectivity index is 1.62. The van der Waals surface area contributed by atoms with Crippen LogP contribution in [0.5, 0.6) is 5.75 Å². The molecule has 0 radical (unpaired) electrons. The van der Waals surface area contributed by atoms with E-state index in [2.05, 4.69) is 45.5 Å². The van der Waals surface area contributed by atoms with E-state index >= 15 is 0 Å². The van der Waals surface area contributed by atoms with Gasteiger partial charge in [0.05, 0.1) is 23.1 Å². The molecule has 148 valence electrons. The minimum Gasteiger partial charge on any atom is -0.506 e. The first-order valence-corrected chi connectivity index (χ1v) is 9.86. The Kier molecular flexibility index (Phi) is 4.24. The Morgan fingerprint density at radius 2 is 2.07 bits per heavy atom. The van der Waals surface area contributed by atoms with E-state index in [-0.39, 0.29) is 11.8 Å². The summed E-state index contributed by atoms with van der Waals surface area (Å²) in [5.41, 5.74) is 10.8. The van der Waals surface area contributed by atoms with Crippen LogP contribution in [0.25, 0.3) is 16.8 Å². The van der Waals surface area contributed by atoms with E-state index < -0.39 is 0 Å². The molecule has 3 aromatic rings. The molecule has 2 aliphatic heterocycles. The lowest BCUT2D eigenvalue weighted by Gasteiger charge is -2.22. The molecule has 7 nitrogen and oxygen atoms in total. The molecule has 3 N–H and O–H groups in total. The third-order valence-electron chi connectivity index (χ3n) is 5.69. The summed E-state index contributed by atoms with van der Waals surface area (Å²) in [5, 5.41) is 24.5. The van der Waals surface area contributed by atoms with Crippen molar-refractivity contribution >= 4 is 11.3 Å². The number of phenols is 1. The number of aryl methyl sites for hydroxylation is 2. The number of para-hydroxylation sites is 2. The number of nitrogens with one attached hydrogen (secondary N) is 2. The molecule has 0 aliphatic carbocycles. The van der Waals surface area contributed by atoms with Crippen molar-refractivity contribution < 1.29 is 5.11 Å². The summed E-state index contributed by atoms with van der Waals surface area (Å²) < 4.78 is 1.99. The molecule has 0 saturated carbocycles. The van der Waals surface area contributed by atoms with Gasteiger partial charge in [-0.3, -0.25) is 0 Å². The normalized spacial score (nSPS) is 18.1. The highest BCUT2D eigenvalue weighted by atomic mass is 16.3. The fourth-order valence-corrected chi connectivity index (χ4v) is 4.21. The number of hydrogen-bond acceptors (Lipinski definition) is 6. The van der Waals surface area contributed by atoms with Gasteiger partial charge in [0, 0.05) is 31.9 Å². The average Bonchev–Trinajstić information content (AvgIpc) is 3.27. The van der Waals surface area contributed by atoms with Crippen LogP contribution < -0.4 is 10.7 Å². The van der Waals surface area contributed by atoms with Gasteiger partial charge in [-0.15, -0.1) is 5.10 Å². The summed E-state index contributed by atoms with van der Waals surface area (Å²) in [7, 11) is 2.01. The van der Waals surface area contributed by atoms with Crippen LogP contribution in [-0.4, -0.2) is 38.7 Å². The van der Waals surface area contributed by atoms with Crippen LogP contribution in [0.2, 0.25) is 0 Å². The van der Waals surface area contributed by atoms with Gasteiger partial charge >= 0.3 is 0 Å². The summed E-state index contributed by atoms with van der Waals surface area (Å²) >= 11 is 0. The third kappa shape index (κ3) is 3.13. The van der Waals surface area contributed by atoms with Gasteiger partial charge in [-0.1, -0.05) is 29.5 Å². The number of rotatable bonds is 3.